The molecule has 0 radical (unpaired) electrons. The van der Waals surface area contributed by atoms with Crippen LogP contribution in [0.2, 0.25) is 5.02 Å². The molecule has 2 N–H and O–H groups in total. The number of fused-ring (bicyclic) bond motifs is 2. The van der Waals surface area contributed by atoms with Gasteiger partial charge in [0.25, 0.3) is 0 Å². The summed E-state index contributed by atoms with van der Waals surface area (Å²) < 4.78 is 5.26. The first kappa shape index (κ1) is 17.5. The third kappa shape index (κ3) is 4.24. The monoisotopic (exact) mass is 374 g/mol. The topological polar surface area (TPSA) is 80.0 Å². The molecule has 26 heavy (non-hydrogen) atoms. The number of hydrogen-bond donors (Lipinski definition) is 2. The van der Waals surface area contributed by atoms with E-state index in [2.05, 4.69) is 20.8 Å². The molecule has 0 spiro atoms. The zero-order valence-electron chi connectivity index (χ0n) is 14.6. The van der Waals surface area contributed by atoms with E-state index in [4.69, 9.17) is 16.1 Å². The van der Waals surface area contributed by atoms with E-state index in [9.17, 15) is 4.79 Å². The van der Waals surface area contributed by atoms with Crippen LogP contribution in [-0.4, -0.2) is 34.7 Å². The minimum Gasteiger partial charge on any atom is -0.356 e. The Kier molecular flexibility index (Phi) is 5.22. The second kappa shape index (κ2) is 7.76. The normalized spacial score (nSPS) is 24.6. The van der Waals surface area contributed by atoms with Crippen LogP contribution in [0.4, 0.5) is 0 Å². The number of aromatic nitrogens is 2. The average Bonchev–Trinajstić information content (AvgIpc) is 3.22. The van der Waals surface area contributed by atoms with Crippen LogP contribution in [0.25, 0.3) is 11.4 Å². The molecule has 2 atom stereocenters. The molecule has 2 unspecified atom stereocenters. The minimum atomic E-state index is 0.119. The number of amides is 1. The van der Waals surface area contributed by atoms with Crippen molar-refractivity contribution in [2.24, 2.45) is 5.92 Å². The van der Waals surface area contributed by atoms with Crippen LogP contribution in [0.15, 0.2) is 28.8 Å². The van der Waals surface area contributed by atoms with E-state index in [1.165, 1.54) is 12.8 Å². The molecule has 1 aromatic heterocycles. The Bertz CT molecular complexity index is 749. The number of piperidine rings is 1. The molecule has 4 rings (SSSR count). The molecule has 0 saturated carbocycles. The standard InChI is InChI=1S/C19H23ClN4O2/c20-14-3-1-13(2-4-14)19-23-18(26-24-19)7-8-21-17(25)11-12-9-15-5-6-16(10-12)22-15/h1-4,12,15-16,22H,5-11H2,(H,21,25). The number of hydrogen-bond acceptors (Lipinski definition) is 5. The lowest BCUT2D eigenvalue weighted by molar-refractivity contribution is -0.122. The quantitative estimate of drug-likeness (QED) is 0.812. The summed E-state index contributed by atoms with van der Waals surface area (Å²) in [5, 5.41) is 11.2. The SMILES string of the molecule is O=C(CC1CC2CCC(C1)N2)NCCc1nc(-c2ccc(Cl)cc2)no1. The number of halogens is 1. The predicted molar refractivity (Wildman–Crippen MR) is 98.7 cm³/mol. The summed E-state index contributed by atoms with van der Waals surface area (Å²) >= 11 is 5.88. The van der Waals surface area contributed by atoms with E-state index in [0.29, 0.717) is 54.1 Å². The van der Waals surface area contributed by atoms with Crippen molar-refractivity contribution < 1.29 is 9.32 Å². The van der Waals surface area contributed by atoms with Crippen LogP contribution in [0.1, 0.15) is 38.0 Å². The Labute approximate surface area is 157 Å². The third-order valence-electron chi connectivity index (χ3n) is 5.28. The van der Waals surface area contributed by atoms with Gasteiger partial charge in [0, 0.05) is 42.1 Å². The molecular formula is C19H23ClN4O2. The molecule has 6 nitrogen and oxygen atoms in total. The summed E-state index contributed by atoms with van der Waals surface area (Å²) in [6.07, 6.45) is 5.92. The first-order valence-electron chi connectivity index (χ1n) is 9.27. The summed E-state index contributed by atoms with van der Waals surface area (Å²) in [6.45, 7) is 0.513. The van der Waals surface area contributed by atoms with Gasteiger partial charge in [0.1, 0.15) is 0 Å². The van der Waals surface area contributed by atoms with Gasteiger partial charge < -0.3 is 15.2 Å². The summed E-state index contributed by atoms with van der Waals surface area (Å²) in [7, 11) is 0. The fraction of sp³-hybridized carbons (Fsp3) is 0.526. The highest BCUT2D eigenvalue weighted by Crippen LogP contribution is 2.32. The number of carbonyl (C=O) groups is 1. The van der Waals surface area contributed by atoms with E-state index in [-0.39, 0.29) is 5.91 Å². The van der Waals surface area contributed by atoms with Crippen molar-refractivity contribution in [3.8, 4) is 11.4 Å². The van der Waals surface area contributed by atoms with Gasteiger partial charge >= 0.3 is 0 Å². The Morgan fingerprint density at radius 3 is 2.69 bits per heavy atom. The second-order valence-corrected chi connectivity index (χ2v) is 7.73. The summed E-state index contributed by atoms with van der Waals surface area (Å²) in [5.41, 5.74) is 0.856. The Morgan fingerprint density at radius 1 is 1.23 bits per heavy atom. The molecule has 7 heteroatoms. The van der Waals surface area contributed by atoms with Crippen molar-refractivity contribution in [3.63, 3.8) is 0 Å². The highest BCUT2D eigenvalue weighted by Gasteiger charge is 2.34. The molecule has 1 amide bonds. The van der Waals surface area contributed by atoms with E-state index < -0.39 is 0 Å². The molecule has 1 aromatic carbocycles. The molecule has 2 fully saturated rings. The Morgan fingerprint density at radius 2 is 1.96 bits per heavy atom. The van der Waals surface area contributed by atoms with E-state index in [1.54, 1.807) is 12.1 Å². The maximum atomic E-state index is 12.2. The summed E-state index contributed by atoms with van der Waals surface area (Å²) in [5.74, 6) is 1.69. The number of nitrogens with zero attached hydrogens (tertiary/aromatic N) is 2. The first-order valence-corrected chi connectivity index (χ1v) is 9.65. The van der Waals surface area contributed by atoms with Gasteiger partial charge in [0.2, 0.25) is 17.6 Å². The van der Waals surface area contributed by atoms with Crippen LogP contribution in [0, 0.1) is 5.92 Å². The Balaban J connectivity index is 1.22. The van der Waals surface area contributed by atoms with Gasteiger partial charge in [-0.3, -0.25) is 4.79 Å². The largest absolute Gasteiger partial charge is 0.356 e. The van der Waals surface area contributed by atoms with Crippen molar-refractivity contribution in [2.75, 3.05) is 6.54 Å². The van der Waals surface area contributed by atoms with Gasteiger partial charge in [-0.05, 0) is 55.9 Å². The van der Waals surface area contributed by atoms with Crippen molar-refractivity contribution in [1.29, 1.82) is 0 Å². The second-order valence-electron chi connectivity index (χ2n) is 7.30. The lowest BCUT2D eigenvalue weighted by atomic mass is 9.89. The van der Waals surface area contributed by atoms with Gasteiger partial charge in [-0.2, -0.15) is 4.98 Å². The van der Waals surface area contributed by atoms with Crippen LogP contribution < -0.4 is 10.6 Å². The van der Waals surface area contributed by atoms with Crippen molar-refractivity contribution >= 4 is 17.5 Å². The lowest BCUT2D eigenvalue weighted by Crippen LogP contribution is -2.39. The van der Waals surface area contributed by atoms with Gasteiger partial charge in [-0.1, -0.05) is 16.8 Å². The Hall–Kier alpha value is -1.92. The molecule has 3 heterocycles. The lowest BCUT2D eigenvalue weighted by Gasteiger charge is -2.28. The van der Waals surface area contributed by atoms with Crippen LogP contribution in [0.3, 0.4) is 0 Å². The fourth-order valence-electron chi connectivity index (χ4n) is 4.06. The fourth-order valence-corrected chi connectivity index (χ4v) is 4.18. The zero-order valence-corrected chi connectivity index (χ0v) is 15.3. The maximum Gasteiger partial charge on any atom is 0.228 e. The molecule has 2 aliphatic rings. The number of rotatable bonds is 6. The van der Waals surface area contributed by atoms with E-state index in [0.717, 1.165) is 18.4 Å². The molecule has 138 valence electrons. The van der Waals surface area contributed by atoms with Crippen molar-refractivity contribution in [2.45, 2.75) is 50.6 Å². The molecule has 2 aromatic rings. The zero-order chi connectivity index (χ0) is 17.9. The van der Waals surface area contributed by atoms with Gasteiger partial charge in [-0.15, -0.1) is 0 Å². The van der Waals surface area contributed by atoms with E-state index in [1.807, 2.05) is 12.1 Å². The first-order chi connectivity index (χ1) is 12.7. The van der Waals surface area contributed by atoms with Crippen LogP contribution >= 0.6 is 11.6 Å². The average molecular weight is 375 g/mol. The molecule has 2 aliphatic heterocycles. The molecule has 0 aliphatic carbocycles. The summed E-state index contributed by atoms with van der Waals surface area (Å²) in [4.78, 5) is 16.6. The van der Waals surface area contributed by atoms with Gasteiger partial charge in [0.05, 0.1) is 0 Å². The smallest absolute Gasteiger partial charge is 0.228 e. The molecule has 2 bridgehead atoms. The number of nitrogens with one attached hydrogen (secondary N) is 2. The number of benzene rings is 1. The summed E-state index contributed by atoms with van der Waals surface area (Å²) in [6, 6.07) is 8.53. The number of carbonyl (C=O) groups excluding carboxylic acids is 1. The molecule has 2 saturated heterocycles. The van der Waals surface area contributed by atoms with E-state index >= 15 is 0 Å². The maximum absolute atomic E-state index is 12.2. The van der Waals surface area contributed by atoms with Gasteiger partial charge in [0.15, 0.2) is 0 Å². The van der Waals surface area contributed by atoms with Crippen LogP contribution in [0.5, 0.6) is 0 Å². The van der Waals surface area contributed by atoms with Crippen LogP contribution in [-0.2, 0) is 11.2 Å². The van der Waals surface area contributed by atoms with Gasteiger partial charge in [-0.25, -0.2) is 0 Å². The predicted octanol–water partition coefficient (Wildman–Crippen LogP) is 2.97. The minimum absolute atomic E-state index is 0.119. The highest BCUT2D eigenvalue weighted by molar-refractivity contribution is 6.30. The third-order valence-corrected chi connectivity index (χ3v) is 5.53. The molecular weight excluding hydrogens is 352 g/mol. The highest BCUT2D eigenvalue weighted by atomic mass is 35.5. The van der Waals surface area contributed by atoms with Crippen molar-refractivity contribution in [3.05, 3.63) is 35.2 Å². The van der Waals surface area contributed by atoms with Crippen molar-refractivity contribution in [1.82, 2.24) is 20.8 Å².